The number of hydrogen-bond acceptors (Lipinski definition) is 5. The van der Waals surface area contributed by atoms with E-state index in [1.807, 2.05) is 4.90 Å². The van der Waals surface area contributed by atoms with Crippen molar-refractivity contribution >= 4 is 45.8 Å². The van der Waals surface area contributed by atoms with Crippen LogP contribution in [0.4, 0.5) is 5.69 Å². The Kier molecular flexibility index (Phi) is 6.51. The minimum Gasteiger partial charge on any atom is -0.506 e. The lowest BCUT2D eigenvalue weighted by Gasteiger charge is -2.36. The molecule has 1 aromatic rings. The second kappa shape index (κ2) is 8.18. The Bertz CT molecular complexity index is 592. The van der Waals surface area contributed by atoms with Crippen LogP contribution in [-0.4, -0.2) is 64.9 Å². The third-order valence-corrected chi connectivity index (χ3v) is 5.26. The van der Waals surface area contributed by atoms with E-state index in [1.54, 1.807) is 11.0 Å². The maximum absolute atomic E-state index is 11.5. The van der Waals surface area contributed by atoms with E-state index < -0.39 is 6.23 Å². The van der Waals surface area contributed by atoms with Gasteiger partial charge in [-0.3, -0.25) is 9.69 Å². The standard InChI is InChI=1S/C15H19ClIN3O3/c1-2-14(22)19-3-5-20(6-4-19)15(23)9-18-12-8-11(17)10(16)7-13(12)21/h2,7-8,15,18,21,23H,1,3-6,9H2. The number of benzene rings is 1. The van der Waals surface area contributed by atoms with Gasteiger partial charge in [0.05, 0.1) is 17.3 Å². The molecule has 2 rings (SSSR count). The predicted octanol–water partition coefficient (Wildman–Crippen LogP) is 1.71. The number of carbonyl (C=O) groups excluding carboxylic acids is 1. The van der Waals surface area contributed by atoms with Gasteiger partial charge in [-0.05, 0) is 34.7 Å². The molecule has 0 bridgehead atoms. The molecule has 1 amide bonds. The third kappa shape index (κ3) is 4.72. The monoisotopic (exact) mass is 451 g/mol. The zero-order valence-electron chi connectivity index (χ0n) is 12.5. The number of carbonyl (C=O) groups is 1. The molecule has 0 saturated carbocycles. The number of phenolic OH excluding ortho intramolecular Hbond substituents is 1. The molecule has 0 aromatic heterocycles. The van der Waals surface area contributed by atoms with Crippen molar-refractivity contribution in [1.29, 1.82) is 0 Å². The van der Waals surface area contributed by atoms with Gasteiger partial charge in [-0.2, -0.15) is 0 Å². The number of piperazine rings is 1. The molecule has 1 atom stereocenters. The molecule has 1 aliphatic heterocycles. The minimum atomic E-state index is -0.705. The molecule has 126 valence electrons. The van der Waals surface area contributed by atoms with E-state index in [0.717, 1.165) is 3.57 Å². The number of nitrogens with zero attached hydrogens (tertiary/aromatic N) is 2. The van der Waals surface area contributed by atoms with Crippen molar-refractivity contribution in [2.75, 3.05) is 38.0 Å². The number of halogens is 2. The molecular weight excluding hydrogens is 433 g/mol. The lowest BCUT2D eigenvalue weighted by molar-refractivity contribution is -0.129. The van der Waals surface area contributed by atoms with Gasteiger partial charge >= 0.3 is 0 Å². The SMILES string of the molecule is C=CC(=O)N1CCN(C(O)CNc2cc(I)c(Cl)cc2O)CC1. The van der Waals surface area contributed by atoms with Gasteiger partial charge in [0.1, 0.15) is 12.0 Å². The first-order chi connectivity index (χ1) is 10.9. The fourth-order valence-electron chi connectivity index (χ4n) is 2.38. The van der Waals surface area contributed by atoms with Crippen molar-refractivity contribution < 1.29 is 15.0 Å². The van der Waals surface area contributed by atoms with E-state index >= 15 is 0 Å². The number of aliphatic hydroxyl groups excluding tert-OH is 1. The van der Waals surface area contributed by atoms with Crippen molar-refractivity contribution in [3.8, 4) is 5.75 Å². The molecule has 1 aromatic carbocycles. The van der Waals surface area contributed by atoms with Gasteiger partial charge in [-0.1, -0.05) is 18.2 Å². The Morgan fingerprint density at radius 3 is 2.70 bits per heavy atom. The van der Waals surface area contributed by atoms with Crippen LogP contribution in [0.3, 0.4) is 0 Å². The van der Waals surface area contributed by atoms with Crippen LogP contribution in [-0.2, 0) is 4.79 Å². The number of phenols is 1. The van der Waals surface area contributed by atoms with Crippen LogP contribution in [0.2, 0.25) is 5.02 Å². The highest BCUT2D eigenvalue weighted by Gasteiger charge is 2.23. The quantitative estimate of drug-likeness (QED) is 0.361. The van der Waals surface area contributed by atoms with E-state index in [0.29, 0.717) is 36.9 Å². The number of amides is 1. The number of aliphatic hydroxyl groups is 1. The first-order valence-corrected chi connectivity index (χ1v) is 8.63. The smallest absolute Gasteiger partial charge is 0.246 e. The maximum atomic E-state index is 11.5. The molecule has 0 aliphatic carbocycles. The van der Waals surface area contributed by atoms with Gasteiger partial charge in [0.25, 0.3) is 0 Å². The lowest BCUT2D eigenvalue weighted by Crippen LogP contribution is -2.53. The number of hydrogen-bond donors (Lipinski definition) is 3. The van der Waals surface area contributed by atoms with E-state index in [9.17, 15) is 15.0 Å². The molecule has 6 nitrogen and oxygen atoms in total. The number of nitrogens with one attached hydrogen (secondary N) is 1. The summed E-state index contributed by atoms with van der Waals surface area (Å²) in [6, 6.07) is 3.20. The molecule has 1 unspecified atom stereocenters. The first kappa shape index (κ1) is 18.3. The molecule has 1 saturated heterocycles. The van der Waals surface area contributed by atoms with Crippen molar-refractivity contribution in [3.63, 3.8) is 0 Å². The summed E-state index contributed by atoms with van der Waals surface area (Å²) < 4.78 is 0.815. The van der Waals surface area contributed by atoms with E-state index in [4.69, 9.17) is 11.6 Å². The Balaban J connectivity index is 1.86. The van der Waals surface area contributed by atoms with Crippen LogP contribution in [0.25, 0.3) is 0 Å². The molecule has 8 heteroatoms. The number of aromatic hydroxyl groups is 1. The fourth-order valence-corrected chi connectivity index (χ4v) is 3.00. The van der Waals surface area contributed by atoms with Gasteiger partial charge in [0.2, 0.25) is 5.91 Å². The Morgan fingerprint density at radius 2 is 2.09 bits per heavy atom. The van der Waals surface area contributed by atoms with Crippen LogP contribution in [0.1, 0.15) is 0 Å². The van der Waals surface area contributed by atoms with Gasteiger partial charge in [0.15, 0.2) is 0 Å². The minimum absolute atomic E-state index is 0.0454. The van der Waals surface area contributed by atoms with Gasteiger partial charge in [-0.15, -0.1) is 0 Å². The molecule has 3 N–H and O–H groups in total. The summed E-state index contributed by atoms with van der Waals surface area (Å²) >= 11 is 8.01. The Hall–Kier alpha value is -1.03. The summed E-state index contributed by atoms with van der Waals surface area (Å²) in [6.45, 7) is 6.04. The highest BCUT2D eigenvalue weighted by molar-refractivity contribution is 14.1. The molecular formula is C15H19ClIN3O3. The van der Waals surface area contributed by atoms with Crippen LogP contribution in [0.15, 0.2) is 24.8 Å². The summed E-state index contributed by atoms with van der Waals surface area (Å²) in [5.41, 5.74) is 0.526. The topological polar surface area (TPSA) is 76.0 Å². The lowest BCUT2D eigenvalue weighted by atomic mass is 10.2. The highest BCUT2D eigenvalue weighted by Crippen LogP contribution is 2.31. The normalized spacial score (nSPS) is 16.9. The summed E-state index contributed by atoms with van der Waals surface area (Å²) in [6.07, 6.45) is 0.599. The van der Waals surface area contributed by atoms with E-state index in [2.05, 4.69) is 34.5 Å². The molecule has 0 radical (unpaired) electrons. The average Bonchev–Trinajstić information content (AvgIpc) is 2.56. The largest absolute Gasteiger partial charge is 0.506 e. The van der Waals surface area contributed by atoms with Crippen LogP contribution < -0.4 is 5.32 Å². The summed E-state index contributed by atoms with van der Waals surface area (Å²) in [4.78, 5) is 15.1. The zero-order valence-corrected chi connectivity index (χ0v) is 15.4. The second-order valence-electron chi connectivity index (χ2n) is 5.21. The second-order valence-corrected chi connectivity index (χ2v) is 6.78. The Morgan fingerprint density at radius 1 is 1.43 bits per heavy atom. The number of rotatable bonds is 5. The van der Waals surface area contributed by atoms with Crippen molar-refractivity contribution in [1.82, 2.24) is 9.80 Å². The van der Waals surface area contributed by atoms with Crippen molar-refractivity contribution in [3.05, 3.63) is 33.4 Å². The average molecular weight is 452 g/mol. The van der Waals surface area contributed by atoms with E-state index in [1.165, 1.54) is 12.1 Å². The summed E-state index contributed by atoms with van der Waals surface area (Å²) in [5.74, 6) is -0.0399. The predicted molar refractivity (Wildman–Crippen MR) is 98.7 cm³/mol. The Labute approximate surface area is 153 Å². The van der Waals surface area contributed by atoms with E-state index in [-0.39, 0.29) is 18.2 Å². The molecule has 23 heavy (non-hydrogen) atoms. The van der Waals surface area contributed by atoms with Crippen LogP contribution in [0, 0.1) is 3.57 Å². The highest BCUT2D eigenvalue weighted by atomic mass is 127. The van der Waals surface area contributed by atoms with Crippen molar-refractivity contribution in [2.45, 2.75) is 6.23 Å². The van der Waals surface area contributed by atoms with Gasteiger partial charge in [0, 0.05) is 35.8 Å². The van der Waals surface area contributed by atoms with Crippen LogP contribution in [0.5, 0.6) is 5.75 Å². The van der Waals surface area contributed by atoms with Gasteiger partial charge in [-0.25, -0.2) is 0 Å². The molecule has 1 aliphatic rings. The zero-order chi connectivity index (χ0) is 17.0. The molecule has 1 heterocycles. The summed E-state index contributed by atoms with van der Waals surface area (Å²) in [5, 5.41) is 23.6. The molecule has 0 spiro atoms. The molecule has 1 fully saturated rings. The maximum Gasteiger partial charge on any atom is 0.246 e. The van der Waals surface area contributed by atoms with Gasteiger partial charge < -0.3 is 20.4 Å². The number of anilines is 1. The first-order valence-electron chi connectivity index (χ1n) is 7.17. The summed E-state index contributed by atoms with van der Waals surface area (Å²) in [7, 11) is 0. The van der Waals surface area contributed by atoms with Crippen LogP contribution >= 0.6 is 34.2 Å². The third-order valence-electron chi connectivity index (χ3n) is 3.74. The fraction of sp³-hybridized carbons (Fsp3) is 0.400. The van der Waals surface area contributed by atoms with Crippen molar-refractivity contribution in [2.24, 2.45) is 0 Å².